The Hall–Kier alpha value is -2.26. The Balaban J connectivity index is 1.66. The van der Waals surface area contributed by atoms with Crippen LogP contribution in [-0.2, 0) is 20.8 Å². The summed E-state index contributed by atoms with van der Waals surface area (Å²) in [4.78, 5) is 13.8. The van der Waals surface area contributed by atoms with Crippen LogP contribution in [0.1, 0.15) is 22.8 Å². The van der Waals surface area contributed by atoms with Gasteiger partial charge in [-0.15, -0.1) is 0 Å². The highest BCUT2D eigenvalue weighted by Gasteiger charge is 2.34. The van der Waals surface area contributed by atoms with Gasteiger partial charge in [0, 0.05) is 18.1 Å². The van der Waals surface area contributed by atoms with Crippen molar-refractivity contribution >= 4 is 27.3 Å². The number of carbonyl (C=O) groups is 1. The van der Waals surface area contributed by atoms with Gasteiger partial charge in [-0.3, -0.25) is 4.79 Å². The van der Waals surface area contributed by atoms with Gasteiger partial charge in [-0.1, -0.05) is 35.9 Å². The van der Waals surface area contributed by atoms with Crippen molar-refractivity contribution in [1.29, 1.82) is 0 Å². The number of alkyl halides is 3. The normalized spacial score (nSPS) is 19.2. The first-order valence-corrected chi connectivity index (χ1v) is 11.2. The lowest BCUT2D eigenvalue weighted by Gasteiger charge is -2.20. The fourth-order valence-corrected chi connectivity index (χ4v) is 5.43. The molecule has 162 valence electrons. The molecular formula is C20H19ClF3NO4S. The summed E-state index contributed by atoms with van der Waals surface area (Å²) >= 11 is 6.15. The summed E-state index contributed by atoms with van der Waals surface area (Å²) in [6.07, 6.45) is -4.35. The third-order valence-electron chi connectivity index (χ3n) is 4.87. The predicted molar refractivity (Wildman–Crippen MR) is 106 cm³/mol. The smallest absolute Gasteiger partial charge is 0.416 e. The number of ether oxygens (including phenoxy) is 1. The highest BCUT2D eigenvalue weighted by atomic mass is 35.5. The molecule has 2 aromatic rings. The minimum absolute atomic E-state index is 0.0198. The number of carbonyl (C=O) groups excluding carboxylic acids is 1. The molecular weight excluding hydrogens is 443 g/mol. The second-order valence-corrected chi connectivity index (χ2v) is 9.57. The summed E-state index contributed by atoms with van der Waals surface area (Å²) in [5, 5.41) is -0.480. The van der Waals surface area contributed by atoms with Gasteiger partial charge in [0.25, 0.3) is 5.91 Å². The van der Waals surface area contributed by atoms with Crippen molar-refractivity contribution in [1.82, 2.24) is 4.90 Å². The monoisotopic (exact) mass is 461 g/mol. The second kappa shape index (κ2) is 8.85. The Morgan fingerprint density at radius 2 is 1.87 bits per heavy atom. The number of amides is 1. The van der Waals surface area contributed by atoms with Crippen molar-refractivity contribution in [2.75, 3.05) is 25.4 Å². The van der Waals surface area contributed by atoms with Crippen LogP contribution in [0.2, 0.25) is 5.02 Å². The van der Waals surface area contributed by atoms with E-state index in [1.807, 2.05) is 0 Å². The lowest BCUT2D eigenvalue weighted by atomic mass is 10.1. The van der Waals surface area contributed by atoms with Gasteiger partial charge in [0.05, 0.1) is 16.6 Å². The topological polar surface area (TPSA) is 63.7 Å². The zero-order valence-electron chi connectivity index (χ0n) is 15.7. The number of benzene rings is 2. The number of hydrogen-bond acceptors (Lipinski definition) is 4. The summed E-state index contributed by atoms with van der Waals surface area (Å²) < 4.78 is 69.0. The van der Waals surface area contributed by atoms with Gasteiger partial charge in [0.2, 0.25) is 0 Å². The Bertz CT molecular complexity index is 1030. The van der Waals surface area contributed by atoms with Gasteiger partial charge in [0.1, 0.15) is 5.75 Å². The molecule has 1 fully saturated rings. The largest absolute Gasteiger partial charge is 0.484 e. The molecule has 0 spiro atoms. The second-order valence-electron chi connectivity index (χ2n) is 6.86. The molecule has 1 unspecified atom stereocenters. The van der Waals surface area contributed by atoms with Crippen LogP contribution in [0.5, 0.6) is 5.75 Å². The first-order valence-electron chi connectivity index (χ1n) is 9.12. The van der Waals surface area contributed by atoms with Crippen LogP contribution in [0, 0.1) is 0 Å². The Morgan fingerprint density at radius 1 is 1.13 bits per heavy atom. The number of nitrogens with zero attached hydrogens (tertiary/aromatic N) is 1. The van der Waals surface area contributed by atoms with Crippen LogP contribution in [0.25, 0.3) is 0 Å². The molecule has 10 heteroatoms. The molecule has 3 rings (SSSR count). The highest BCUT2D eigenvalue weighted by molar-refractivity contribution is 7.91. The average molecular weight is 462 g/mol. The average Bonchev–Trinajstić information content (AvgIpc) is 2.84. The van der Waals surface area contributed by atoms with E-state index in [0.29, 0.717) is 10.6 Å². The summed E-state index contributed by atoms with van der Waals surface area (Å²) in [5.41, 5.74) is -0.385. The summed E-state index contributed by atoms with van der Waals surface area (Å²) in [6, 6.07) is 10.9. The maximum atomic E-state index is 12.8. The van der Waals surface area contributed by atoms with Gasteiger partial charge >= 0.3 is 6.18 Å². The molecule has 1 aliphatic rings. The molecule has 30 heavy (non-hydrogen) atoms. The van der Waals surface area contributed by atoms with E-state index in [0.717, 1.165) is 12.1 Å². The molecule has 0 bridgehead atoms. The fraction of sp³-hybridized carbons (Fsp3) is 0.350. The molecule has 1 heterocycles. The quantitative estimate of drug-likeness (QED) is 0.687. The third kappa shape index (κ3) is 5.26. The van der Waals surface area contributed by atoms with Crippen molar-refractivity contribution in [2.24, 2.45) is 0 Å². The van der Waals surface area contributed by atoms with E-state index in [-0.39, 0.29) is 31.0 Å². The first kappa shape index (κ1) is 22.4. The van der Waals surface area contributed by atoms with Crippen LogP contribution < -0.4 is 4.74 Å². The zero-order chi connectivity index (χ0) is 21.9. The van der Waals surface area contributed by atoms with Crippen LogP contribution in [0.4, 0.5) is 13.2 Å². The van der Waals surface area contributed by atoms with Gasteiger partial charge in [-0.25, -0.2) is 8.42 Å². The standard InChI is InChI=1S/C20H19ClF3NO4S/c21-17-7-2-1-6-16(17)18-8-9-25(10-11-30(18,27)28)19(26)13-29-15-5-3-4-14(12-15)20(22,23)24/h1-7,12,18H,8-11,13H2. The van der Waals surface area contributed by atoms with Crippen molar-refractivity contribution in [2.45, 2.75) is 17.8 Å². The maximum absolute atomic E-state index is 12.8. The lowest BCUT2D eigenvalue weighted by Crippen LogP contribution is -2.37. The molecule has 0 radical (unpaired) electrons. The molecule has 0 saturated carbocycles. The van der Waals surface area contributed by atoms with E-state index in [9.17, 15) is 26.4 Å². The SMILES string of the molecule is O=C(COc1cccc(C(F)(F)F)c1)N1CCC(c2ccccc2Cl)S(=O)(=O)CC1. The number of rotatable bonds is 4. The van der Waals surface area contributed by atoms with E-state index in [1.165, 1.54) is 17.0 Å². The summed E-state index contributed by atoms with van der Waals surface area (Å²) in [7, 11) is -3.54. The predicted octanol–water partition coefficient (Wildman–Crippen LogP) is 4.13. The maximum Gasteiger partial charge on any atom is 0.416 e. The van der Waals surface area contributed by atoms with Gasteiger partial charge < -0.3 is 9.64 Å². The molecule has 5 nitrogen and oxygen atoms in total. The molecule has 1 aliphatic heterocycles. The minimum Gasteiger partial charge on any atom is -0.484 e. The van der Waals surface area contributed by atoms with Crippen molar-refractivity contribution in [3.63, 3.8) is 0 Å². The van der Waals surface area contributed by atoms with E-state index in [1.54, 1.807) is 24.3 Å². The van der Waals surface area contributed by atoms with E-state index in [4.69, 9.17) is 16.3 Å². The van der Waals surface area contributed by atoms with Gasteiger partial charge in [-0.2, -0.15) is 13.2 Å². The highest BCUT2D eigenvalue weighted by Crippen LogP contribution is 2.34. The van der Waals surface area contributed by atoms with Crippen LogP contribution in [0.3, 0.4) is 0 Å². The molecule has 0 aromatic heterocycles. The Morgan fingerprint density at radius 3 is 2.57 bits per heavy atom. The van der Waals surface area contributed by atoms with E-state index < -0.39 is 39.3 Å². The van der Waals surface area contributed by atoms with Crippen LogP contribution in [-0.4, -0.2) is 44.7 Å². The number of sulfone groups is 1. The molecule has 1 atom stereocenters. The number of halogens is 4. The summed E-state index contributed by atoms with van der Waals surface area (Å²) in [6.45, 7) is -0.341. The van der Waals surface area contributed by atoms with Crippen LogP contribution in [0.15, 0.2) is 48.5 Å². The molecule has 1 saturated heterocycles. The molecule has 2 aromatic carbocycles. The molecule has 1 amide bonds. The molecule has 0 aliphatic carbocycles. The van der Waals surface area contributed by atoms with E-state index in [2.05, 4.69) is 0 Å². The van der Waals surface area contributed by atoms with Gasteiger partial charge in [0.15, 0.2) is 16.4 Å². The van der Waals surface area contributed by atoms with E-state index >= 15 is 0 Å². The number of hydrogen-bond donors (Lipinski definition) is 0. The van der Waals surface area contributed by atoms with Crippen LogP contribution >= 0.6 is 11.6 Å². The van der Waals surface area contributed by atoms with Crippen molar-refractivity contribution < 1.29 is 31.1 Å². The zero-order valence-corrected chi connectivity index (χ0v) is 17.3. The van der Waals surface area contributed by atoms with Gasteiger partial charge in [-0.05, 0) is 36.2 Å². The van der Waals surface area contributed by atoms with Crippen molar-refractivity contribution in [3.05, 3.63) is 64.7 Å². The molecule has 0 N–H and O–H groups in total. The Kier molecular flexibility index (Phi) is 6.62. The lowest BCUT2D eigenvalue weighted by molar-refractivity contribution is -0.137. The fourth-order valence-electron chi connectivity index (χ4n) is 3.28. The minimum atomic E-state index is -4.52. The third-order valence-corrected chi connectivity index (χ3v) is 7.32. The Labute approximate surface area is 177 Å². The van der Waals surface area contributed by atoms with Crippen molar-refractivity contribution in [3.8, 4) is 5.75 Å². The first-order chi connectivity index (χ1) is 14.1. The summed E-state index contributed by atoms with van der Waals surface area (Å²) in [5.74, 6) is -0.824.